The molecule has 210 valence electrons. The van der Waals surface area contributed by atoms with Crippen molar-refractivity contribution in [2.75, 3.05) is 26.7 Å². The first-order chi connectivity index (χ1) is 18.6. The maximum Gasteiger partial charge on any atom is 0.416 e. The molecule has 0 saturated carbocycles. The number of ether oxygens (including phenoxy) is 1. The van der Waals surface area contributed by atoms with Crippen LogP contribution in [0.4, 0.5) is 17.6 Å². The van der Waals surface area contributed by atoms with Crippen molar-refractivity contribution in [2.45, 2.75) is 50.9 Å². The van der Waals surface area contributed by atoms with Crippen molar-refractivity contribution in [3.63, 3.8) is 0 Å². The Balaban J connectivity index is 1.32. The maximum absolute atomic E-state index is 15.5. The van der Waals surface area contributed by atoms with Gasteiger partial charge in [0.15, 0.2) is 0 Å². The summed E-state index contributed by atoms with van der Waals surface area (Å²) in [6.07, 6.45) is -0.817. The molecule has 1 aliphatic rings. The van der Waals surface area contributed by atoms with Gasteiger partial charge in [0.2, 0.25) is 0 Å². The highest BCUT2D eigenvalue weighted by Crippen LogP contribution is 2.36. The van der Waals surface area contributed by atoms with Crippen LogP contribution in [0, 0.1) is 11.8 Å². The van der Waals surface area contributed by atoms with Crippen molar-refractivity contribution in [1.82, 2.24) is 9.88 Å². The van der Waals surface area contributed by atoms with E-state index in [1.807, 2.05) is 0 Å². The monoisotopic (exact) mass is 546 g/mol. The Bertz CT molecular complexity index is 1250. The summed E-state index contributed by atoms with van der Waals surface area (Å²) in [6, 6.07) is 12.3. The molecule has 0 spiro atoms. The van der Waals surface area contributed by atoms with Gasteiger partial charge in [-0.3, -0.25) is 9.78 Å². The molecule has 1 fully saturated rings. The van der Waals surface area contributed by atoms with E-state index >= 15 is 4.39 Å². The van der Waals surface area contributed by atoms with Crippen molar-refractivity contribution < 1.29 is 32.2 Å². The summed E-state index contributed by atoms with van der Waals surface area (Å²) in [5.41, 5.74) is 1.45. The molecule has 1 aromatic heterocycles. The Morgan fingerprint density at radius 2 is 1.92 bits per heavy atom. The molecule has 1 unspecified atom stereocenters. The van der Waals surface area contributed by atoms with Gasteiger partial charge >= 0.3 is 12.1 Å². The Morgan fingerprint density at radius 3 is 2.62 bits per heavy atom. The van der Waals surface area contributed by atoms with Crippen molar-refractivity contribution in [2.24, 2.45) is 11.8 Å². The summed E-state index contributed by atoms with van der Waals surface area (Å²) >= 11 is 0. The van der Waals surface area contributed by atoms with Crippen molar-refractivity contribution in [3.05, 3.63) is 71.4 Å². The van der Waals surface area contributed by atoms with Crippen LogP contribution in [0.3, 0.4) is 0 Å². The SMILES string of the molecule is COc1ccc2nccc(C(F)CC[C@@H]3CCN(CCCc4ccc(C(F)(F)F)cc4)C[C@@H]3CC(=O)O)c2c1. The number of piperidine rings is 1. The number of hydrogen-bond acceptors (Lipinski definition) is 4. The van der Waals surface area contributed by atoms with Crippen LogP contribution in [-0.4, -0.2) is 47.7 Å². The zero-order chi connectivity index (χ0) is 28.0. The van der Waals surface area contributed by atoms with Gasteiger partial charge in [0.25, 0.3) is 0 Å². The van der Waals surface area contributed by atoms with Crippen LogP contribution in [0.15, 0.2) is 54.7 Å². The van der Waals surface area contributed by atoms with Crippen LogP contribution in [0.25, 0.3) is 10.9 Å². The summed E-state index contributed by atoms with van der Waals surface area (Å²) in [4.78, 5) is 18.1. The van der Waals surface area contributed by atoms with Crippen LogP contribution in [0.1, 0.15) is 55.0 Å². The number of carboxylic acid groups (broad SMARTS) is 1. The highest BCUT2D eigenvalue weighted by atomic mass is 19.4. The Hall–Kier alpha value is -3.20. The molecule has 9 heteroatoms. The van der Waals surface area contributed by atoms with Gasteiger partial charge in [-0.25, -0.2) is 4.39 Å². The van der Waals surface area contributed by atoms with E-state index in [9.17, 15) is 23.1 Å². The first-order valence-electron chi connectivity index (χ1n) is 13.3. The van der Waals surface area contributed by atoms with Crippen LogP contribution >= 0.6 is 0 Å². The molecule has 5 nitrogen and oxygen atoms in total. The van der Waals surface area contributed by atoms with Gasteiger partial charge in [0.1, 0.15) is 11.9 Å². The second-order valence-electron chi connectivity index (χ2n) is 10.3. The molecule has 39 heavy (non-hydrogen) atoms. The molecule has 3 aromatic rings. The number of pyridine rings is 1. The van der Waals surface area contributed by atoms with Gasteiger partial charge in [0.05, 0.1) is 18.2 Å². The standard InChI is InChI=1S/C30H34F4N2O3/c1-39-24-9-11-28-26(18-24)25(12-14-35-28)27(31)10-6-21-13-16-36(19-22(21)17-29(37)38)15-2-3-20-4-7-23(8-5-20)30(32,33)34/h4-5,7-9,11-12,14,18,21-22,27H,2-3,6,10,13,15-17,19H2,1H3,(H,37,38)/t21-,22+,27?/m1/s1. The fourth-order valence-electron chi connectivity index (χ4n) is 5.62. The molecular formula is C30H34F4N2O3. The quantitative estimate of drug-likeness (QED) is 0.260. The summed E-state index contributed by atoms with van der Waals surface area (Å²) < 4.78 is 59.1. The molecule has 3 atom stereocenters. The molecule has 2 heterocycles. The third-order valence-corrected chi connectivity index (χ3v) is 7.74. The first-order valence-corrected chi connectivity index (χ1v) is 13.3. The van der Waals surface area contributed by atoms with Gasteiger partial charge in [-0.15, -0.1) is 0 Å². The molecule has 4 rings (SSSR count). The van der Waals surface area contributed by atoms with Gasteiger partial charge in [-0.05, 0) is 105 Å². The minimum Gasteiger partial charge on any atom is -0.497 e. The van der Waals surface area contributed by atoms with E-state index in [0.29, 0.717) is 48.0 Å². The predicted molar refractivity (Wildman–Crippen MR) is 141 cm³/mol. The number of likely N-dealkylation sites (tertiary alicyclic amines) is 1. The lowest BCUT2D eigenvalue weighted by Crippen LogP contribution is -2.42. The van der Waals surface area contributed by atoms with Crippen LogP contribution in [0.2, 0.25) is 0 Å². The molecule has 2 aromatic carbocycles. The number of carboxylic acids is 1. The number of aromatic nitrogens is 1. The minimum atomic E-state index is -4.34. The first kappa shape index (κ1) is 28.8. The van der Waals surface area contributed by atoms with Crippen molar-refractivity contribution in [1.29, 1.82) is 0 Å². The zero-order valence-electron chi connectivity index (χ0n) is 22.0. The lowest BCUT2D eigenvalue weighted by atomic mass is 9.79. The van der Waals surface area contributed by atoms with E-state index in [1.165, 1.54) is 12.1 Å². The van der Waals surface area contributed by atoms with Gasteiger partial charge < -0.3 is 14.7 Å². The maximum atomic E-state index is 15.5. The number of halogens is 4. The topological polar surface area (TPSA) is 62.7 Å². The molecule has 1 N–H and O–H groups in total. The number of nitrogens with zero attached hydrogens (tertiary/aromatic N) is 2. The Kier molecular flexibility index (Phi) is 9.43. The number of fused-ring (bicyclic) bond motifs is 1. The van der Waals surface area contributed by atoms with E-state index in [0.717, 1.165) is 43.6 Å². The minimum absolute atomic E-state index is 0.0341. The fraction of sp³-hybridized carbons (Fsp3) is 0.467. The molecule has 0 bridgehead atoms. The molecule has 1 aliphatic heterocycles. The summed E-state index contributed by atoms with van der Waals surface area (Å²) in [5, 5.41) is 10.2. The second-order valence-corrected chi connectivity index (χ2v) is 10.3. The molecule has 0 amide bonds. The van der Waals surface area contributed by atoms with E-state index in [1.54, 1.807) is 37.6 Å². The third kappa shape index (κ3) is 7.68. The van der Waals surface area contributed by atoms with E-state index in [-0.39, 0.29) is 18.3 Å². The van der Waals surface area contributed by atoms with Crippen molar-refractivity contribution >= 4 is 16.9 Å². The van der Waals surface area contributed by atoms with Gasteiger partial charge in [0, 0.05) is 24.5 Å². The zero-order valence-corrected chi connectivity index (χ0v) is 22.0. The number of benzene rings is 2. The summed E-state index contributed by atoms with van der Waals surface area (Å²) in [5.74, 6) is -0.200. The molecular weight excluding hydrogens is 512 g/mol. The van der Waals surface area contributed by atoms with Crippen LogP contribution in [-0.2, 0) is 17.4 Å². The third-order valence-electron chi connectivity index (χ3n) is 7.74. The Morgan fingerprint density at radius 1 is 1.15 bits per heavy atom. The number of carbonyl (C=O) groups is 1. The van der Waals surface area contributed by atoms with Crippen LogP contribution in [0.5, 0.6) is 5.75 Å². The second kappa shape index (κ2) is 12.8. The van der Waals surface area contributed by atoms with Gasteiger partial charge in [-0.1, -0.05) is 12.1 Å². The van der Waals surface area contributed by atoms with Gasteiger partial charge in [-0.2, -0.15) is 13.2 Å². The number of alkyl halides is 4. The number of aliphatic carboxylic acids is 1. The Labute approximate surface area is 225 Å². The number of hydrogen-bond donors (Lipinski definition) is 1. The predicted octanol–water partition coefficient (Wildman–Crippen LogP) is 7.10. The number of methoxy groups -OCH3 is 1. The highest BCUT2D eigenvalue weighted by Gasteiger charge is 2.32. The largest absolute Gasteiger partial charge is 0.497 e. The fourth-order valence-corrected chi connectivity index (χ4v) is 5.62. The average Bonchev–Trinajstić information content (AvgIpc) is 2.91. The average molecular weight is 547 g/mol. The lowest BCUT2D eigenvalue weighted by molar-refractivity contribution is -0.139. The highest BCUT2D eigenvalue weighted by molar-refractivity contribution is 5.83. The lowest BCUT2D eigenvalue weighted by Gasteiger charge is -2.38. The van der Waals surface area contributed by atoms with E-state index in [4.69, 9.17) is 4.74 Å². The number of aryl methyl sites for hydroxylation is 1. The smallest absolute Gasteiger partial charge is 0.416 e. The molecule has 0 radical (unpaired) electrons. The van der Waals surface area contributed by atoms with Crippen LogP contribution < -0.4 is 4.74 Å². The molecule has 1 saturated heterocycles. The van der Waals surface area contributed by atoms with E-state index in [2.05, 4.69) is 9.88 Å². The number of rotatable bonds is 11. The summed E-state index contributed by atoms with van der Waals surface area (Å²) in [7, 11) is 1.56. The van der Waals surface area contributed by atoms with E-state index < -0.39 is 23.9 Å². The van der Waals surface area contributed by atoms with Crippen molar-refractivity contribution in [3.8, 4) is 5.75 Å². The molecule has 0 aliphatic carbocycles. The normalized spacial score (nSPS) is 19.2. The summed E-state index contributed by atoms with van der Waals surface area (Å²) in [6.45, 7) is 2.15.